The predicted molar refractivity (Wildman–Crippen MR) is 116 cm³/mol. The minimum absolute atomic E-state index is 0.200. The molecule has 0 aliphatic heterocycles. The SMILES string of the molecule is CCOP(=O)(CCCC=C(C)CCC=C(C)CCC=C(C)C)CP(=O)(O)O. The van der Waals surface area contributed by atoms with Crippen molar-refractivity contribution in [2.45, 2.75) is 73.1 Å². The molecule has 27 heavy (non-hydrogen) atoms. The van der Waals surface area contributed by atoms with E-state index >= 15 is 0 Å². The second-order valence-electron chi connectivity index (χ2n) is 7.36. The number of unbranched alkanes of at least 4 members (excludes halogenated alkanes) is 1. The van der Waals surface area contributed by atoms with E-state index in [9.17, 15) is 9.13 Å². The minimum atomic E-state index is -4.34. The van der Waals surface area contributed by atoms with Crippen molar-refractivity contribution in [3.63, 3.8) is 0 Å². The Kier molecular flexibility index (Phi) is 13.5. The van der Waals surface area contributed by atoms with E-state index < -0.39 is 20.9 Å². The molecule has 0 aromatic rings. The Bertz CT molecular complexity index is 610. The van der Waals surface area contributed by atoms with Gasteiger partial charge in [-0.1, -0.05) is 34.9 Å². The van der Waals surface area contributed by atoms with Crippen LogP contribution in [0.25, 0.3) is 0 Å². The lowest BCUT2D eigenvalue weighted by Gasteiger charge is -2.18. The van der Waals surface area contributed by atoms with Crippen LogP contribution in [0.15, 0.2) is 34.9 Å². The second kappa shape index (κ2) is 13.7. The van der Waals surface area contributed by atoms with Gasteiger partial charge < -0.3 is 14.3 Å². The molecule has 0 aromatic heterocycles. The van der Waals surface area contributed by atoms with Crippen LogP contribution >= 0.6 is 15.0 Å². The van der Waals surface area contributed by atoms with Gasteiger partial charge in [-0.2, -0.15) is 0 Å². The number of hydrogen-bond donors (Lipinski definition) is 2. The Morgan fingerprint density at radius 3 is 1.89 bits per heavy atom. The molecule has 0 bridgehead atoms. The highest BCUT2D eigenvalue weighted by molar-refractivity contribution is 7.73. The van der Waals surface area contributed by atoms with Crippen molar-refractivity contribution in [1.29, 1.82) is 0 Å². The van der Waals surface area contributed by atoms with Crippen LogP contribution in [0.2, 0.25) is 0 Å². The van der Waals surface area contributed by atoms with Crippen LogP contribution in [0.3, 0.4) is 0 Å². The first-order valence-electron chi connectivity index (χ1n) is 9.69. The molecule has 1 atom stereocenters. The van der Waals surface area contributed by atoms with E-state index in [2.05, 4.69) is 45.9 Å². The monoisotopic (exact) mass is 420 g/mol. The van der Waals surface area contributed by atoms with E-state index in [0.717, 1.165) is 32.1 Å². The van der Waals surface area contributed by atoms with Gasteiger partial charge in [0.15, 0.2) is 0 Å². The molecule has 0 fully saturated rings. The summed E-state index contributed by atoms with van der Waals surface area (Å²) in [5, 5.41) is 0. The minimum Gasteiger partial charge on any atom is -0.328 e. The van der Waals surface area contributed by atoms with Gasteiger partial charge in [0.05, 0.1) is 6.61 Å². The van der Waals surface area contributed by atoms with Crippen LogP contribution < -0.4 is 0 Å². The standard InChI is InChI=1S/C20H38O5P2/c1-6-25-26(21,17-27(22,23)24)16-8-7-12-19(4)14-10-15-20(5)13-9-11-18(2)3/h11-12,15H,6-10,13-14,16-17H2,1-5H3,(H2,22,23,24). The molecule has 0 aliphatic carbocycles. The van der Waals surface area contributed by atoms with E-state index in [1.165, 1.54) is 16.7 Å². The number of rotatable bonds is 14. The van der Waals surface area contributed by atoms with E-state index in [1.807, 2.05) is 0 Å². The Hall–Kier alpha value is -0.440. The highest BCUT2D eigenvalue weighted by Crippen LogP contribution is 2.58. The van der Waals surface area contributed by atoms with Gasteiger partial charge >= 0.3 is 7.60 Å². The number of hydrogen-bond acceptors (Lipinski definition) is 3. The maximum atomic E-state index is 12.5. The molecule has 0 saturated carbocycles. The Balaban J connectivity index is 4.29. The van der Waals surface area contributed by atoms with Crippen LogP contribution in [0.4, 0.5) is 0 Å². The maximum Gasteiger partial charge on any atom is 0.335 e. The van der Waals surface area contributed by atoms with Gasteiger partial charge in [0.1, 0.15) is 5.90 Å². The maximum absolute atomic E-state index is 12.5. The third-order valence-corrected chi connectivity index (χ3v) is 9.01. The van der Waals surface area contributed by atoms with Crippen LogP contribution in [-0.2, 0) is 13.7 Å². The summed E-state index contributed by atoms with van der Waals surface area (Å²) >= 11 is 0. The third-order valence-electron chi connectivity index (χ3n) is 4.08. The lowest BCUT2D eigenvalue weighted by atomic mass is 10.1. The van der Waals surface area contributed by atoms with Crippen molar-refractivity contribution >= 4 is 15.0 Å². The van der Waals surface area contributed by atoms with Crippen LogP contribution in [0.1, 0.15) is 73.1 Å². The molecule has 0 amide bonds. The molecule has 0 aliphatic rings. The zero-order chi connectivity index (χ0) is 20.9. The molecule has 158 valence electrons. The Morgan fingerprint density at radius 2 is 1.41 bits per heavy atom. The van der Waals surface area contributed by atoms with E-state index in [1.54, 1.807) is 6.92 Å². The summed E-state index contributed by atoms with van der Waals surface area (Å²) in [7, 11) is -7.60. The van der Waals surface area contributed by atoms with Gasteiger partial charge in [0.2, 0.25) is 7.37 Å². The highest BCUT2D eigenvalue weighted by atomic mass is 31.2. The normalized spacial score (nSPS) is 15.5. The first-order chi connectivity index (χ1) is 12.5. The predicted octanol–water partition coefficient (Wildman–Crippen LogP) is 6.64. The average Bonchev–Trinajstić information content (AvgIpc) is 2.49. The van der Waals surface area contributed by atoms with E-state index in [-0.39, 0.29) is 12.8 Å². The van der Waals surface area contributed by atoms with Crippen molar-refractivity contribution in [3.05, 3.63) is 34.9 Å². The van der Waals surface area contributed by atoms with Crippen molar-refractivity contribution in [1.82, 2.24) is 0 Å². The molecule has 0 heterocycles. The van der Waals surface area contributed by atoms with Gasteiger partial charge in [-0.25, -0.2) is 0 Å². The van der Waals surface area contributed by atoms with Crippen molar-refractivity contribution in [3.8, 4) is 0 Å². The highest BCUT2D eigenvalue weighted by Gasteiger charge is 2.31. The molecule has 7 heteroatoms. The summed E-state index contributed by atoms with van der Waals surface area (Å²) in [6.45, 7) is 10.4. The van der Waals surface area contributed by atoms with Gasteiger partial charge in [-0.3, -0.25) is 9.13 Å². The fourth-order valence-corrected chi connectivity index (χ4v) is 7.11. The summed E-state index contributed by atoms with van der Waals surface area (Å²) in [6.07, 6.45) is 12.4. The van der Waals surface area contributed by atoms with Crippen LogP contribution in [0, 0.1) is 0 Å². The average molecular weight is 420 g/mol. The molecular formula is C20H38O5P2. The lowest BCUT2D eigenvalue weighted by Crippen LogP contribution is -2.01. The lowest BCUT2D eigenvalue weighted by molar-refractivity contribution is 0.329. The molecule has 0 rings (SSSR count). The molecule has 2 N–H and O–H groups in total. The van der Waals surface area contributed by atoms with Crippen molar-refractivity contribution in [2.24, 2.45) is 0 Å². The van der Waals surface area contributed by atoms with Gasteiger partial charge in [-0.05, 0) is 73.1 Å². The molecule has 5 nitrogen and oxygen atoms in total. The van der Waals surface area contributed by atoms with Crippen molar-refractivity contribution < 1.29 is 23.4 Å². The molecule has 0 spiro atoms. The zero-order valence-corrected chi connectivity index (χ0v) is 19.4. The molecule has 0 radical (unpaired) electrons. The Labute approximate surface area is 165 Å². The molecule has 0 aromatic carbocycles. The molecular weight excluding hydrogens is 382 g/mol. The van der Waals surface area contributed by atoms with E-state index in [4.69, 9.17) is 14.3 Å². The summed E-state index contributed by atoms with van der Waals surface area (Å²) in [6, 6.07) is 0. The fraction of sp³-hybridized carbons (Fsp3) is 0.700. The van der Waals surface area contributed by atoms with Crippen LogP contribution in [-0.4, -0.2) is 28.5 Å². The topological polar surface area (TPSA) is 83.8 Å². The second-order valence-corrected chi connectivity index (χ2v) is 12.2. The zero-order valence-electron chi connectivity index (χ0n) is 17.6. The van der Waals surface area contributed by atoms with Gasteiger partial charge in [0, 0.05) is 6.16 Å². The van der Waals surface area contributed by atoms with Gasteiger partial charge in [0.25, 0.3) is 0 Å². The fourth-order valence-electron chi connectivity index (χ4n) is 2.71. The smallest absolute Gasteiger partial charge is 0.328 e. The molecule has 0 saturated heterocycles. The quantitative estimate of drug-likeness (QED) is 0.187. The molecule has 1 unspecified atom stereocenters. The first kappa shape index (κ1) is 26.6. The largest absolute Gasteiger partial charge is 0.335 e. The van der Waals surface area contributed by atoms with Crippen LogP contribution in [0.5, 0.6) is 0 Å². The third kappa shape index (κ3) is 16.2. The Morgan fingerprint density at radius 1 is 0.889 bits per heavy atom. The summed E-state index contributed by atoms with van der Waals surface area (Å²) in [5.41, 5.74) is 4.05. The van der Waals surface area contributed by atoms with Crippen molar-refractivity contribution in [2.75, 3.05) is 18.7 Å². The first-order valence-corrected chi connectivity index (χ1v) is 13.5. The number of allylic oxidation sites excluding steroid dienone is 6. The van der Waals surface area contributed by atoms with Gasteiger partial charge in [-0.15, -0.1) is 0 Å². The van der Waals surface area contributed by atoms with E-state index in [0.29, 0.717) is 6.42 Å². The summed E-state index contributed by atoms with van der Waals surface area (Å²) in [4.78, 5) is 18.2. The summed E-state index contributed by atoms with van der Waals surface area (Å²) in [5.74, 6) is -0.659. The summed E-state index contributed by atoms with van der Waals surface area (Å²) < 4.78 is 28.8.